The van der Waals surface area contributed by atoms with E-state index >= 15 is 0 Å². The van der Waals surface area contributed by atoms with Gasteiger partial charge >= 0.3 is 0 Å². The molecule has 1 fully saturated rings. The maximum atomic E-state index is 5.64. The van der Waals surface area contributed by atoms with Crippen LogP contribution in [0.4, 0.5) is 0 Å². The van der Waals surface area contributed by atoms with Crippen molar-refractivity contribution in [2.24, 2.45) is 5.92 Å². The van der Waals surface area contributed by atoms with Crippen LogP contribution in [0.3, 0.4) is 0 Å². The Bertz CT molecular complexity index is 615. The van der Waals surface area contributed by atoms with Crippen LogP contribution in [-0.2, 0) is 12.8 Å². The lowest BCUT2D eigenvalue weighted by Crippen LogP contribution is -2.16. The van der Waals surface area contributed by atoms with E-state index in [1.807, 2.05) is 6.20 Å². The minimum Gasteiger partial charge on any atom is -0.495 e. The van der Waals surface area contributed by atoms with E-state index in [1.165, 1.54) is 36.8 Å². The van der Waals surface area contributed by atoms with E-state index in [2.05, 4.69) is 48.3 Å². The first kappa shape index (κ1) is 16.0. The van der Waals surface area contributed by atoms with Gasteiger partial charge in [0.25, 0.3) is 0 Å². The summed E-state index contributed by atoms with van der Waals surface area (Å²) in [6.07, 6.45) is 9.23. The molecule has 3 rings (SSSR count). The van der Waals surface area contributed by atoms with E-state index in [4.69, 9.17) is 4.74 Å². The molecular weight excluding hydrogens is 282 g/mol. The monoisotopic (exact) mass is 309 g/mol. The van der Waals surface area contributed by atoms with Crippen LogP contribution in [0.15, 0.2) is 42.6 Å². The second kappa shape index (κ2) is 7.63. The van der Waals surface area contributed by atoms with E-state index in [-0.39, 0.29) is 0 Å². The molecule has 0 spiro atoms. The predicted octanol–water partition coefficient (Wildman–Crippen LogP) is 5.17. The summed E-state index contributed by atoms with van der Waals surface area (Å²) in [5.41, 5.74) is 3.94. The first-order valence-electron chi connectivity index (χ1n) is 8.87. The zero-order valence-electron chi connectivity index (χ0n) is 14.3. The Morgan fingerprint density at radius 1 is 1.04 bits per heavy atom. The number of ether oxygens (including phenoxy) is 1. The number of aryl methyl sites for hydroxylation is 1. The molecule has 2 heteroatoms. The largest absolute Gasteiger partial charge is 0.495 e. The van der Waals surface area contributed by atoms with Gasteiger partial charge in [0.2, 0.25) is 0 Å². The first-order chi connectivity index (χ1) is 11.3. The molecule has 0 radical (unpaired) electrons. The molecule has 1 aromatic heterocycles. The van der Waals surface area contributed by atoms with Gasteiger partial charge in [-0.1, -0.05) is 37.3 Å². The van der Waals surface area contributed by atoms with E-state index < -0.39 is 0 Å². The molecule has 1 saturated carbocycles. The van der Waals surface area contributed by atoms with Crippen molar-refractivity contribution >= 4 is 0 Å². The van der Waals surface area contributed by atoms with Crippen molar-refractivity contribution in [2.75, 3.05) is 7.11 Å². The fourth-order valence-corrected chi connectivity index (χ4v) is 3.93. The van der Waals surface area contributed by atoms with Crippen LogP contribution < -0.4 is 4.74 Å². The normalized spacial score (nSPS) is 21.1. The average molecular weight is 309 g/mol. The van der Waals surface area contributed by atoms with Crippen LogP contribution in [0.2, 0.25) is 0 Å². The van der Waals surface area contributed by atoms with Crippen LogP contribution in [-0.4, -0.2) is 12.1 Å². The Kier molecular flexibility index (Phi) is 5.32. The van der Waals surface area contributed by atoms with Crippen molar-refractivity contribution in [1.82, 2.24) is 4.98 Å². The zero-order valence-corrected chi connectivity index (χ0v) is 14.3. The molecule has 23 heavy (non-hydrogen) atoms. The number of methoxy groups -OCH3 is 1. The summed E-state index contributed by atoms with van der Waals surface area (Å²) in [6, 6.07) is 13.1. The Balaban J connectivity index is 1.63. The van der Waals surface area contributed by atoms with E-state index in [0.29, 0.717) is 0 Å². The molecular formula is C21H27NO. The van der Waals surface area contributed by atoms with Gasteiger partial charge in [0.15, 0.2) is 0 Å². The fraction of sp³-hybridized carbons (Fsp3) is 0.476. The zero-order chi connectivity index (χ0) is 16.1. The SMILES string of the molecule is CCc1nccc(CC2CCC(c3ccccc3)CC2)c1OC. The highest BCUT2D eigenvalue weighted by atomic mass is 16.5. The van der Waals surface area contributed by atoms with Gasteiger partial charge in [-0.25, -0.2) is 0 Å². The van der Waals surface area contributed by atoms with Gasteiger partial charge in [-0.15, -0.1) is 0 Å². The highest BCUT2D eigenvalue weighted by molar-refractivity contribution is 5.37. The molecule has 0 aliphatic heterocycles. The lowest BCUT2D eigenvalue weighted by molar-refractivity contribution is 0.319. The van der Waals surface area contributed by atoms with Gasteiger partial charge in [-0.3, -0.25) is 4.98 Å². The second-order valence-electron chi connectivity index (χ2n) is 6.64. The maximum Gasteiger partial charge on any atom is 0.143 e. The standard InChI is InChI=1S/C21H27NO/c1-3-20-21(23-2)19(13-14-22-20)15-16-9-11-18(12-10-16)17-7-5-4-6-8-17/h4-8,13-14,16,18H,3,9-12,15H2,1-2H3. The van der Waals surface area contributed by atoms with Gasteiger partial charge in [0.1, 0.15) is 5.75 Å². The van der Waals surface area contributed by atoms with Crippen molar-refractivity contribution in [3.8, 4) is 5.75 Å². The molecule has 0 amide bonds. The molecule has 1 aromatic carbocycles. The summed E-state index contributed by atoms with van der Waals surface area (Å²) in [5.74, 6) is 2.54. The molecule has 0 saturated heterocycles. The summed E-state index contributed by atoms with van der Waals surface area (Å²) >= 11 is 0. The van der Waals surface area contributed by atoms with Crippen LogP contribution >= 0.6 is 0 Å². The van der Waals surface area contributed by atoms with Crippen LogP contribution in [0, 0.1) is 5.92 Å². The quantitative estimate of drug-likeness (QED) is 0.760. The molecule has 1 aliphatic carbocycles. The summed E-state index contributed by atoms with van der Waals surface area (Å²) in [6.45, 7) is 2.14. The van der Waals surface area contributed by atoms with Gasteiger partial charge < -0.3 is 4.74 Å². The summed E-state index contributed by atoms with van der Waals surface area (Å²) in [4.78, 5) is 4.45. The third-order valence-electron chi connectivity index (χ3n) is 5.23. The van der Waals surface area contributed by atoms with Crippen LogP contribution in [0.1, 0.15) is 55.3 Å². The lowest BCUT2D eigenvalue weighted by atomic mass is 9.76. The molecule has 0 N–H and O–H groups in total. The van der Waals surface area contributed by atoms with E-state index in [1.54, 1.807) is 7.11 Å². The molecule has 0 atom stereocenters. The van der Waals surface area contributed by atoms with Crippen molar-refractivity contribution in [3.63, 3.8) is 0 Å². The minimum atomic E-state index is 0.748. The molecule has 2 nitrogen and oxygen atoms in total. The van der Waals surface area contributed by atoms with Crippen molar-refractivity contribution < 1.29 is 4.74 Å². The third-order valence-corrected chi connectivity index (χ3v) is 5.23. The smallest absolute Gasteiger partial charge is 0.143 e. The number of hydrogen-bond donors (Lipinski definition) is 0. The highest BCUT2D eigenvalue weighted by Crippen LogP contribution is 2.38. The van der Waals surface area contributed by atoms with Gasteiger partial charge in [0.05, 0.1) is 12.8 Å². The lowest BCUT2D eigenvalue weighted by Gasteiger charge is -2.29. The first-order valence-corrected chi connectivity index (χ1v) is 8.87. The van der Waals surface area contributed by atoms with Gasteiger partial charge in [0, 0.05) is 6.20 Å². The second-order valence-corrected chi connectivity index (χ2v) is 6.64. The molecule has 0 bridgehead atoms. The highest BCUT2D eigenvalue weighted by Gasteiger charge is 2.23. The molecule has 122 valence electrons. The Hall–Kier alpha value is -1.83. The fourth-order valence-electron chi connectivity index (χ4n) is 3.93. The number of benzene rings is 1. The number of hydrogen-bond acceptors (Lipinski definition) is 2. The molecule has 2 aromatic rings. The molecule has 1 aliphatic rings. The van der Waals surface area contributed by atoms with Crippen molar-refractivity contribution in [2.45, 2.75) is 51.4 Å². The summed E-state index contributed by atoms with van der Waals surface area (Å²) in [5, 5.41) is 0. The van der Waals surface area contributed by atoms with Crippen LogP contribution in [0.5, 0.6) is 5.75 Å². The maximum absolute atomic E-state index is 5.64. The predicted molar refractivity (Wildman–Crippen MR) is 95.0 cm³/mol. The number of pyridine rings is 1. The Morgan fingerprint density at radius 3 is 2.43 bits per heavy atom. The number of nitrogens with zero attached hydrogens (tertiary/aromatic N) is 1. The average Bonchev–Trinajstić information content (AvgIpc) is 2.63. The molecule has 0 unspecified atom stereocenters. The van der Waals surface area contributed by atoms with Crippen molar-refractivity contribution in [1.29, 1.82) is 0 Å². The van der Waals surface area contributed by atoms with Gasteiger partial charge in [-0.05, 0) is 67.6 Å². The van der Waals surface area contributed by atoms with Gasteiger partial charge in [-0.2, -0.15) is 0 Å². The minimum absolute atomic E-state index is 0.748. The summed E-state index contributed by atoms with van der Waals surface area (Å²) < 4.78 is 5.64. The Morgan fingerprint density at radius 2 is 1.78 bits per heavy atom. The van der Waals surface area contributed by atoms with E-state index in [9.17, 15) is 0 Å². The summed E-state index contributed by atoms with van der Waals surface area (Å²) in [7, 11) is 1.77. The number of rotatable bonds is 5. The number of aromatic nitrogens is 1. The Labute approximate surface area is 139 Å². The topological polar surface area (TPSA) is 22.1 Å². The van der Waals surface area contributed by atoms with E-state index in [0.717, 1.165) is 36.1 Å². The van der Waals surface area contributed by atoms with Crippen LogP contribution in [0.25, 0.3) is 0 Å². The van der Waals surface area contributed by atoms with Crippen molar-refractivity contribution in [3.05, 3.63) is 59.4 Å². The third kappa shape index (κ3) is 3.74. The molecule has 1 heterocycles.